The van der Waals surface area contributed by atoms with Crippen molar-refractivity contribution in [2.45, 2.75) is 103 Å². The third kappa shape index (κ3) is 6.46. The summed E-state index contributed by atoms with van der Waals surface area (Å²) in [6, 6.07) is 0. The summed E-state index contributed by atoms with van der Waals surface area (Å²) in [6.45, 7) is 8.72. The van der Waals surface area contributed by atoms with Crippen LogP contribution in [-0.2, 0) is 0 Å². The number of aliphatic hydroxyl groups excluding tert-OH is 3. The fraction of sp³-hybridized carbons (Fsp3) is 0.677. The lowest BCUT2D eigenvalue weighted by atomic mass is 9.61. The molecule has 0 amide bonds. The molecule has 0 heterocycles. The molecule has 4 N–H and O–H groups in total. The highest BCUT2D eigenvalue weighted by molar-refractivity contribution is 5.31. The van der Waals surface area contributed by atoms with Gasteiger partial charge in [0.2, 0.25) is 0 Å². The number of hydrogen-bond acceptors (Lipinski definition) is 4. The number of aliphatic hydroxyl groups is 4. The van der Waals surface area contributed by atoms with Crippen molar-refractivity contribution in [2.75, 3.05) is 6.61 Å². The summed E-state index contributed by atoms with van der Waals surface area (Å²) in [6.07, 6.45) is 21.5. The van der Waals surface area contributed by atoms with E-state index in [9.17, 15) is 15.3 Å². The predicted molar refractivity (Wildman–Crippen MR) is 144 cm³/mol. The summed E-state index contributed by atoms with van der Waals surface area (Å²) < 4.78 is 0. The summed E-state index contributed by atoms with van der Waals surface area (Å²) in [7, 11) is 0. The van der Waals surface area contributed by atoms with Crippen LogP contribution in [0.15, 0.2) is 59.3 Å². The van der Waals surface area contributed by atoms with E-state index in [1.807, 2.05) is 26.0 Å². The van der Waals surface area contributed by atoms with E-state index in [-0.39, 0.29) is 6.61 Å². The second-order valence-electron chi connectivity index (χ2n) is 11.4. The molecule has 0 radical (unpaired) electrons. The average molecular weight is 485 g/mol. The molecule has 35 heavy (non-hydrogen) atoms. The Hall–Kier alpha value is -1.46. The first-order valence-electron chi connectivity index (χ1n) is 13.8. The van der Waals surface area contributed by atoms with Gasteiger partial charge in [-0.25, -0.2) is 0 Å². The van der Waals surface area contributed by atoms with E-state index < -0.39 is 17.8 Å². The normalized spacial score (nSPS) is 34.1. The van der Waals surface area contributed by atoms with Crippen molar-refractivity contribution < 1.29 is 20.4 Å². The second-order valence-corrected chi connectivity index (χ2v) is 11.4. The molecule has 4 nitrogen and oxygen atoms in total. The first-order chi connectivity index (χ1) is 16.7. The fourth-order valence-electron chi connectivity index (χ4n) is 7.01. The first kappa shape index (κ1) is 28.1. The van der Waals surface area contributed by atoms with Gasteiger partial charge in [-0.3, -0.25) is 0 Å². The van der Waals surface area contributed by atoms with Gasteiger partial charge >= 0.3 is 0 Å². The standard InChI is InChI=1S/C31H48O4/c1-5-31(35,6-2)18-8-7-10-22(3)26-14-15-27-24(11-9-17-30(26,27)4)13-12-23-20-28(33)25(16-19-32)29(34)21-23/h7-8,10,12-13,16,18,22,26-29,32-35H,5-6,9,11,14-15,17,19-21H2,1-4H3/b10-7+,18-8+,23-12?,24-13+,25-16?/t22-,26?,27?,28-,29-,30?/m1/s1. The van der Waals surface area contributed by atoms with Crippen LogP contribution < -0.4 is 0 Å². The Balaban J connectivity index is 1.69. The van der Waals surface area contributed by atoms with Gasteiger partial charge in [0, 0.05) is 0 Å². The molecule has 0 spiro atoms. The van der Waals surface area contributed by atoms with Gasteiger partial charge in [0.15, 0.2) is 0 Å². The molecule has 0 aromatic heterocycles. The third-order valence-electron chi connectivity index (χ3n) is 9.37. The Morgan fingerprint density at radius 2 is 1.74 bits per heavy atom. The molecule has 0 aromatic carbocycles. The lowest BCUT2D eigenvalue weighted by Crippen LogP contribution is -2.35. The van der Waals surface area contributed by atoms with Gasteiger partial charge in [-0.2, -0.15) is 0 Å². The fourth-order valence-corrected chi connectivity index (χ4v) is 7.01. The van der Waals surface area contributed by atoms with E-state index in [1.165, 1.54) is 37.3 Å². The summed E-state index contributed by atoms with van der Waals surface area (Å²) in [5, 5.41) is 40.4. The van der Waals surface area contributed by atoms with E-state index in [2.05, 4.69) is 38.2 Å². The number of fused-ring (bicyclic) bond motifs is 1. The van der Waals surface area contributed by atoms with Crippen LogP contribution in [0.25, 0.3) is 0 Å². The summed E-state index contributed by atoms with van der Waals surface area (Å²) >= 11 is 0. The van der Waals surface area contributed by atoms with Gasteiger partial charge in [0.25, 0.3) is 0 Å². The number of rotatable bonds is 8. The minimum atomic E-state index is -0.713. The maximum absolute atomic E-state index is 10.5. The van der Waals surface area contributed by atoms with E-state index in [4.69, 9.17) is 5.11 Å². The zero-order valence-electron chi connectivity index (χ0n) is 22.3. The summed E-state index contributed by atoms with van der Waals surface area (Å²) in [4.78, 5) is 0. The van der Waals surface area contributed by atoms with Gasteiger partial charge in [-0.1, -0.05) is 81.4 Å². The van der Waals surface area contributed by atoms with E-state index in [0.717, 1.165) is 24.8 Å². The Kier molecular flexibility index (Phi) is 9.79. The Labute approximate surface area is 212 Å². The molecule has 0 aliphatic heterocycles. The molecule has 3 unspecified atom stereocenters. The van der Waals surface area contributed by atoms with Crippen LogP contribution in [0.4, 0.5) is 0 Å². The molecular formula is C31H48O4. The van der Waals surface area contributed by atoms with Crippen molar-refractivity contribution >= 4 is 0 Å². The van der Waals surface area contributed by atoms with Gasteiger partial charge in [-0.05, 0) is 86.5 Å². The van der Waals surface area contributed by atoms with Crippen molar-refractivity contribution in [1.82, 2.24) is 0 Å². The minimum Gasteiger partial charge on any atom is -0.392 e. The first-order valence-corrected chi connectivity index (χ1v) is 13.8. The lowest BCUT2D eigenvalue weighted by Gasteiger charge is -2.44. The molecule has 3 aliphatic rings. The third-order valence-corrected chi connectivity index (χ3v) is 9.37. The van der Waals surface area contributed by atoms with Gasteiger partial charge in [0.1, 0.15) is 0 Å². The van der Waals surface area contributed by atoms with Crippen molar-refractivity contribution in [2.24, 2.45) is 23.2 Å². The van der Waals surface area contributed by atoms with Crippen LogP contribution in [0, 0.1) is 23.2 Å². The van der Waals surface area contributed by atoms with E-state index >= 15 is 0 Å². The molecule has 3 fully saturated rings. The van der Waals surface area contributed by atoms with Crippen molar-refractivity contribution in [3.8, 4) is 0 Å². The van der Waals surface area contributed by atoms with Crippen molar-refractivity contribution in [3.05, 3.63) is 59.3 Å². The lowest BCUT2D eigenvalue weighted by molar-refractivity contribution is 0.0828. The van der Waals surface area contributed by atoms with Crippen LogP contribution in [0.3, 0.4) is 0 Å². The van der Waals surface area contributed by atoms with E-state index in [1.54, 1.807) is 0 Å². The van der Waals surface area contributed by atoms with Crippen LogP contribution in [-0.4, -0.2) is 44.8 Å². The SMILES string of the molecule is CCC(O)(/C=C/C=C/[C@@H](C)C1CCC2/C(=C/C=C3C[C@@H](O)C(=CCO)[C@H](O)C3)CCCC21C)CC. The van der Waals surface area contributed by atoms with Crippen LogP contribution in [0.5, 0.6) is 0 Å². The van der Waals surface area contributed by atoms with Crippen LogP contribution in [0.2, 0.25) is 0 Å². The quantitative estimate of drug-likeness (QED) is 0.260. The molecule has 0 bridgehead atoms. The zero-order valence-corrected chi connectivity index (χ0v) is 22.3. The topological polar surface area (TPSA) is 80.9 Å². The molecule has 3 saturated carbocycles. The molecule has 3 aliphatic carbocycles. The van der Waals surface area contributed by atoms with Crippen molar-refractivity contribution in [1.29, 1.82) is 0 Å². The van der Waals surface area contributed by atoms with Gasteiger partial charge < -0.3 is 20.4 Å². The largest absolute Gasteiger partial charge is 0.392 e. The molecule has 0 saturated heterocycles. The smallest absolute Gasteiger partial charge is 0.0825 e. The number of hydrogen-bond donors (Lipinski definition) is 4. The number of allylic oxidation sites excluding steroid dienone is 6. The Bertz CT molecular complexity index is 843. The maximum Gasteiger partial charge on any atom is 0.0825 e. The summed E-state index contributed by atoms with van der Waals surface area (Å²) in [5.41, 5.74) is 2.76. The molecule has 196 valence electrons. The Morgan fingerprint density at radius 3 is 2.37 bits per heavy atom. The maximum atomic E-state index is 10.5. The molecule has 6 atom stereocenters. The minimum absolute atomic E-state index is 0.155. The monoisotopic (exact) mass is 484 g/mol. The van der Waals surface area contributed by atoms with Gasteiger partial charge in [0.05, 0.1) is 24.4 Å². The average Bonchev–Trinajstić information content (AvgIpc) is 3.20. The Morgan fingerprint density at radius 1 is 1.06 bits per heavy atom. The highest BCUT2D eigenvalue weighted by Gasteiger charge is 2.50. The second kappa shape index (κ2) is 12.2. The zero-order chi connectivity index (χ0) is 25.6. The highest BCUT2D eigenvalue weighted by atomic mass is 16.3. The highest BCUT2D eigenvalue weighted by Crippen LogP contribution is 2.59. The van der Waals surface area contributed by atoms with Crippen molar-refractivity contribution in [3.63, 3.8) is 0 Å². The van der Waals surface area contributed by atoms with E-state index in [0.29, 0.717) is 41.6 Å². The molecule has 4 heteroatoms. The van der Waals surface area contributed by atoms with Crippen LogP contribution in [0.1, 0.15) is 85.5 Å². The predicted octanol–water partition coefficient (Wildman–Crippen LogP) is 5.79. The van der Waals surface area contributed by atoms with Crippen LogP contribution >= 0.6 is 0 Å². The van der Waals surface area contributed by atoms with Gasteiger partial charge in [-0.15, -0.1) is 0 Å². The molecule has 3 rings (SSSR count). The molecular weight excluding hydrogens is 436 g/mol. The molecule has 0 aromatic rings. The summed E-state index contributed by atoms with van der Waals surface area (Å²) in [5.74, 6) is 1.73.